The summed E-state index contributed by atoms with van der Waals surface area (Å²) in [5, 5.41) is 5.09. The van der Waals surface area contributed by atoms with Crippen molar-refractivity contribution in [2.45, 2.75) is 0 Å². The van der Waals surface area contributed by atoms with E-state index in [2.05, 4.69) is 15.1 Å². The van der Waals surface area contributed by atoms with Crippen LogP contribution in [0.2, 0.25) is 10.0 Å². The highest BCUT2D eigenvalue weighted by atomic mass is 35.5. The van der Waals surface area contributed by atoms with Gasteiger partial charge in [-0.1, -0.05) is 23.2 Å². The summed E-state index contributed by atoms with van der Waals surface area (Å²) in [6.45, 7) is 3.32. The van der Waals surface area contributed by atoms with Crippen molar-refractivity contribution < 1.29 is 9.47 Å². The Morgan fingerprint density at radius 3 is 2.11 bits per heavy atom. The topological polar surface area (TPSA) is 37.0 Å². The normalized spacial score (nSPS) is 14.1. The molecule has 0 aromatic heterocycles. The molecule has 5 nitrogen and oxygen atoms in total. The molecular weight excluding hydrogens is 405 g/mol. The molecule has 1 saturated heterocycles. The number of hydrogen-bond donors (Lipinski definition) is 1. The molecule has 1 N–H and O–H groups in total. The summed E-state index contributed by atoms with van der Waals surface area (Å²) >= 11 is 17.7. The van der Waals surface area contributed by atoms with Crippen LogP contribution in [0.3, 0.4) is 0 Å². The molecule has 2 aromatic rings. The van der Waals surface area contributed by atoms with Crippen molar-refractivity contribution >= 4 is 51.9 Å². The van der Waals surface area contributed by atoms with Crippen LogP contribution < -0.4 is 19.7 Å². The van der Waals surface area contributed by atoms with E-state index in [-0.39, 0.29) is 0 Å². The molecule has 0 aliphatic carbocycles. The van der Waals surface area contributed by atoms with E-state index in [0.717, 1.165) is 37.6 Å². The van der Waals surface area contributed by atoms with Crippen molar-refractivity contribution in [3.8, 4) is 11.5 Å². The fourth-order valence-corrected chi connectivity index (χ4v) is 3.52. The van der Waals surface area contributed by atoms with Crippen molar-refractivity contribution in [3.05, 3.63) is 46.4 Å². The van der Waals surface area contributed by atoms with Crippen LogP contribution in [0.15, 0.2) is 36.4 Å². The fraction of sp³-hybridized carbons (Fsp3) is 0.316. The van der Waals surface area contributed by atoms with Gasteiger partial charge in [-0.05, 0) is 30.4 Å². The lowest BCUT2D eigenvalue weighted by atomic mass is 10.2. The molecule has 1 fully saturated rings. The van der Waals surface area contributed by atoms with Crippen LogP contribution in [-0.4, -0.2) is 50.4 Å². The molecule has 1 aliphatic rings. The zero-order valence-corrected chi connectivity index (χ0v) is 17.5. The Labute approximate surface area is 174 Å². The van der Waals surface area contributed by atoms with Gasteiger partial charge in [0.25, 0.3) is 0 Å². The molecule has 27 heavy (non-hydrogen) atoms. The maximum absolute atomic E-state index is 6.13. The lowest BCUT2D eigenvalue weighted by Gasteiger charge is -2.37. The standard InChI is InChI=1S/C19H21Cl2N3O2S/c1-25-15-9-13(10-16(12-15)26-2)22-19(27)24-7-5-23(6-8-24)14-3-4-17(20)18(21)11-14/h3-4,9-12H,5-8H2,1-2H3,(H,22,27). The Balaban J connectivity index is 1.61. The molecule has 8 heteroatoms. The van der Waals surface area contributed by atoms with Crippen molar-refractivity contribution in [2.24, 2.45) is 0 Å². The van der Waals surface area contributed by atoms with Crippen LogP contribution in [0.1, 0.15) is 0 Å². The Hall–Kier alpha value is -1.89. The lowest BCUT2D eigenvalue weighted by molar-refractivity contribution is 0.390. The Morgan fingerprint density at radius 1 is 0.926 bits per heavy atom. The van der Waals surface area contributed by atoms with Gasteiger partial charge in [0.1, 0.15) is 11.5 Å². The third-order valence-corrected chi connectivity index (χ3v) is 5.54. The van der Waals surface area contributed by atoms with E-state index in [4.69, 9.17) is 44.9 Å². The van der Waals surface area contributed by atoms with Crippen molar-refractivity contribution in [2.75, 3.05) is 50.6 Å². The average molecular weight is 426 g/mol. The maximum atomic E-state index is 6.13. The molecule has 2 aromatic carbocycles. The molecule has 0 saturated carbocycles. The van der Waals surface area contributed by atoms with Crippen LogP contribution in [-0.2, 0) is 0 Å². The van der Waals surface area contributed by atoms with E-state index in [1.165, 1.54) is 0 Å². The zero-order chi connectivity index (χ0) is 19.4. The third-order valence-electron chi connectivity index (χ3n) is 4.44. The number of nitrogens with one attached hydrogen (secondary N) is 1. The number of methoxy groups -OCH3 is 2. The molecule has 0 amide bonds. The molecular formula is C19H21Cl2N3O2S. The van der Waals surface area contributed by atoms with Gasteiger partial charge in [-0.25, -0.2) is 0 Å². The van der Waals surface area contributed by atoms with Gasteiger partial charge in [0.2, 0.25) is 0 Å². The van der Waals surface area contributed by atoms with Crippen molar-refractivity contribution in [3.63, 3.8) is 0 Å². The first kappa shape index (κ1) is 19.9. The minimum Gasteiger partial charge on any atom is -0.497 e. The van der Waals surface area contributed by atoms with E-state index in [0.29, 0.717) is 26.7 Å². The minimum absolute atomic E-state index is 0.568. The Morgan fingerprint density at radius 2 is 1.56 bits per heavy atom. The molecule has 0 bridgehead atoms. The molecule has 0 atom stereocenters. The molecule has 1 aliphatic heterocycles. The maximum Gasteiger partial charge on any atom is 0.173 e. The number of halogens is 2. The van der Waals surface area contributed by atoms with E-state index >= 15 is 0 Å². The summed E-state index contributed by atoms with van der Waals surface area (Å²) in [4.78, 5) is 4.42. The van der Waals surface area contributed by atoms with Crippen LogP contribution in [0.25, 0.3) is 0 Å². The number of thiocarbonyl (C=S) groups is 1. The van der Waals surface area contributed by atoms with E-state index < -0.39 is 0 Å². The van der Waals surface area contributed by atoms with Crippen molar-refractivity contribution in [1.29, 1.82) is 0 Å². The second-order valence-electron chi connectivity index (χ2n) is 6.10. The van der Waals surface area contributed by atoms with E-state index in [1.807, 2.05) is 36.4 Å². The fourth-order valence-electron chi connectivity index (χ4n) is 2.93. The largest absolute Gasteiger partial charge is 0.497 e. The SMILES string of the molecule is COc1cc(NC(=S)N2CCN(c3ccc(Cl)c(Cl)c3)CC2)cc(OC)c1. The number of ether oxygens (including phenoxy) is 2. The van der Waals surface area contributed by atoms with Gasteiger partial charge < -0.3 is 24.6 Å². The third kappa shape index (κ3) is 4.89. The number of hydrogen-bond acceptors (Lipinski definition) is 4. The van der Waals surface area contributed by atoms with Gasteiger partial charge in [0.15, 0.2) is 5.11 Å². The van der Waals surface area contributed by atoms with Crippen LogP contribution in [0, 0.1) is 0 Å². The van der Waals surface area contributed by atoms with Gasteiger partial charge in [0.05, 0.1) is 24.3 Å². The summed E-state index contributed by atoms with van der Waals surface area (Å²) in [6, 6.07) is 11.3. The number of nitrogens with zero attached hydrogens (tertiary/aromatic N) is 2. The van der Waals surface area contributed by atoms with Gasteiger partial charge in [0, 0.05) is 55.8 Å². The number of rotatable bonds is 4. The first-order valence-electron chi connectivity index (χ1n) is 8.49. The highest BCUT2D eigenvalue weighted by Gasteiger charge is 2.20. The molecule has 0 radical (unpaired) electrons. The van der Waals surface area contributed by atoms with E-state index in [1.54, 1.807) is 14.2 Å². The van der Waals surface area contributed by atoms with Gasteiger partial charge in [-0.3, -0.25) is 0 Å². The summed E-state index contributed by atoms with van der Waals surface area (Å²) in [7, 11) is 3.25. The highest BCUT2D eigenvalue weighted by Crippen LogP contribution is 2.28. The van der Waals surface area contributed by atoms with Gasteiger partial charge >= 0.3 is 0 Å². The zero-order valence-electron chi connectivity index (χ0n) is 15.2. The Bertz CT molecular complexity index is 804. The summed E-state index contributed by atoms with van der Waals surface area (Å²) < 4.78 is 10.6. The molecule has 1 heterocycles. The summed E-state index contributed by atoms with van der Waals surface area (Å²) in [5.41, 5.74) is 1.91. The van der Waals surface area contributed by atoms with Crippen LogP contribution >= 0.6 is 35.4 Å². The van der Waals surface area contributed by atoms with Crippen molar-refractivity contribution in [1.82, 2.24) is 4.90 Å². The molecule has 0 spiro atoms. The minimum atomic E-state index is 0.568. The predicted octanol–water partition coefficient (Wildman–Crippen LogP) is 4.53. The first-order valence-corrected chi connectivity index (χ1v) is 9.65. The summed E-state index contributed by atoms with van der Waals surface area (Å²) in [6.07, 6.45) is 0. The monoisotopic (exact) mass is 425 g/mol. The predicted molar refractivity (Wildman–Crippen MR) is 116 cm³/mol. The number of anilines is 2. The highest BCUT2D eigenvalue weighted by molar-refractivity contribution is 7.80. The average Bonchev–Trinajstić information content (AvgIpc) is 2.69. The van der Waals surface area contributed by atoms with Crippen LogP contribution in [0.4, 0.5) is 11.4 Å². The first-order chi connectivity index (χ1) is 13.0. The van der Waals surface area contributed by atoms with Crippen LogP contribution in [0.5, 0.6) is 11.5 Å². The second-order valence-corrected chi connectivity index (χ2v) is 7.31. The molecule has 3 rings (SSSR count). The second kappa shape index (κ2) is 8.87. The lowest BCUT2D eigenvalue weighted by Crippen LogP contribution is -2.50. The molecule has 0 unspecified atom stereocenters. The van der Waals surface area contributed by atoms with E-state index in [9.17, 15) is 0 Å². The smallest absolute Gasteiger partial charge is 0.173 e. The Kier molecular flexibility index (Phi) is 6.52. The van der Waals surface area contributed by atoms with Gasteiger partial charge in [-0.15, -0.1) is 0 Å². The van der Waals surface area contributed by atoms with Gasteiger partial charge in [-0.2, -0.15) is 0 Å². The number of benzene rings is 2. The summed E-state index contributed by atoms with van der Waals surface area (Å²) in [5.74, 6) is 1.42. The molecule has 144 valence electrons. The number of piperazine rings is 1. The quantitative estimate of drug-likeness (QED) is 0.725.